The van der Waals surface area contributed by atoms with Crippen molar-refractivity contribution in [1.29, 1.82) is 0 Å². The molecule has 1 fully saturated rings. The SMILES string of the molecule is COc1ccc2c(ccn2CC(=O)N2CCCC2c2ccccc2C)c1. The van der Waals surface area contributed by atoms with Crippen LogP contribution < -0.4 is 4.74 Å². The minimum Gasteiger partial charge on any atom is -0.497 e. The highest BCUT2D eigenvalue weighted by molar-refractivity contribution is 5.84. The van der Waals surface area contributed by atoms with Crippen LogP contribution in [0.4, 0.5) is 0 Å². The van der Waals surface area contributed by atoms with Gasteiger partial charge in [-0.3, -0.25) is 4.79 Å². The summed E-state index contributed by atoms with van der Waals surface area (Å²) in [5, 5.41) is 1.09. The zero-order chi connectivity index (χ0) is 18.1. The Morgan fingerprint density at radius 1 is 1.19 bits per heavy atom. The molecule has 26 heavy (non-hydrogen) atoms. The second-order valence-electron chi connectivity index (χ2n) is 6.97. The van der Waals surface area contributed by atoms with Gasteiger partial charge >= 0.3 is 0 Å². The Morgan fingerprint density at radius 2 is 2.04 bits per heavy atom. The van der Waals surface area contributed by atoms with Gasteiger partial charge in [0.2, 0.25) is 5.91 Å². The Hall–Kier alpha value is -2.75. The van der Waals surface area contributed by atoms with Crippen molar-refractivity contribution in [3.63, 3.8) is 0 Å². The number of carbonyl (C=O) groups is 1. The van der Waals surface area contributed by atoms with Gasteiger partial charge in [0.15, 0.2) is 0 Å². The first-order valence-corrected chi connectivity index (χ1v) is 9.15. The van der Waals surface area contributed by atoms with E-state index in [0.717, 1.165) is 36.0 Å². The Bertz CT molecular complexity index is 944. The number of fused-ring (bicyclic) bond motifs is 1. The number of ether oxygens (including phenoxy) is 1. The summed E-state index contributed by atoms with van der Waals surface area (Å²) in [7, 11) is 1.67. The summed E-state index contributed by atoms with van der Waals surface area (Å²) in [6, 6.07) is 16.6. The van der Waals surface area contributed by atoms with Crippen LogP contribution in [0.2, 0.25) is 0 Å². The highest BCUT2D eigenvalue weighted by atomic mass is 16.5. The molecule has 1 aliphatic heterocycles. The van der Waals surface area contributed by atoms with E-state index in [4.69, 9.17) is 4.74 Å². The molecule has 0 radical (unpaired) electrons. The van der Waals surface area contributed by atoms with Crippen LogP contribution in [0.1, 0.15) is 30.0 Å². The van der Waals surface area contributed by atoms with Gasteiger partial charge in [-0.15, -0.1) is 0 Å². The van der Waals surface area contributed by atoms with E-state index >= 15 is 0 Å². The van der Waals surface area contributed by atoms with Crippen molar-refractivity contribution in [3.8, 4) is 5.75 Å². The van der Waals surface area contributed by atoms with E-state index in [0.29, 0.717) is 6.54 Å². The van der Waals surface area contributed by atoms with Crippen molar-refractivity contribution < 1.29 is 9.53 Å². The van der Waals surface area contributed by atoms with Crippen LogP contribution in [0, 0.1) is 6.92 Å². The van der Waals surface area contributed by atoms with Gasteiger partial charge in [0.05, 0.1) is 13.2 Å². The van der Waals surface area contributed by atoms with E-state index in [1.54, 1.807) is 7.11 Å². The normalized spacial score (nSPS) is 17.0. The largest absolute Gasteiger partial charge is 0.497 e. The molecule has 1 aromatic heterocycles. The van der Waals surface area contributed by atoms with Gasteiger partial charge in [0.25, 0.3) is 0 Å². The lowest BCUT2D eigenvalue weighted by atomic mass is 9.99. The Kier molecular flexibility index (Phi) is 4.41. The number of hydrogen-bond donors (Lipinski definition) is 0. The van der Waals surface area contributed by atoms with E-state index < -0.39 is 0 Å². The van der Waals surface area contributed by atoms with Crippen molar-refractivity contribution in [2.75, 3.05) is 13.7 Å². The Balaban J connectivity index is 1.57. The van der Waals surface area contributed by atoms with E-state index in [9.17, 15) is 4.79 Å². The standard InChI is InChI=1S/C22H24N2O2/c1-16-6-3-4-7-19(16)21-8-5-12-24(21)22(25)15-23-13-11-17-14-18(26-2)9-10-20(17)23/h3-4,6-7,9-11,13-14,21H,5,8,12,15H2,1-2H3. The zero-order valence-electron chi connectivity index (χ0n) is 15.3. The van der Waals surface area contributed by atoms with Gasteiger partial charge in [-0.2, -0.15) is 0 Å². The van der Waals surface area contributed by atoms with Crippen LogP contribution >= 0.6 is 0 Å². The fourth-order valence-electron chi connectivity index (χ4n) is 4.03. The lowest BCUT2D eigenvalue weighted by Gasteiger charge is -2.26. The molecule has 4 nitrogen and oxygen atoms in total. The van der Waals surface area contributed by atoms with E-state index in [2.05, 4.69) is 36.1 Å². The van der Waals surface area contributed by atoms with Gasteiger partial charge in [0, 0.05) is 23.6 Å². The second-order valence-corrected chi connectivity index (χ2v) is 6.97. The van der Waals surface area contributed by atoms with E-state index in [1.807, 2.05) is 35.0 Å². The van der Waals surface area contributed by atoms with Crippen LogP contribution in [-0.2, 0) is 11.3 Å². The summed E-state index contributed by atoms with van der Waals surface area (Å²) in [5.74, 6) is 1.02. The van der Waals surface area contributed by atoms with Crippen molar-refractivity contribution in [2.24, 2.45) is 0 Å². The topological polar surface area (TPSA) is 34.5 Å². The number of amides is 1. The number of hydrogen-bond acceptors (Lipinski definition) is 2. The summed E-state index contributed by atoms with van der Waals surface area (Å²) < 4.78 is 7.32. The molecule has 2 heterocycles. The molecule has 1 atom stereocenters. The van der Waals surface area contributed by atoms with Gasteiger partial charge in [0.1, 0.15) is 12.3 Å². The van der Waals surface area contributed by atoms with Crippen molar-refractivity contribution >= 4 is 16.8 Å². The molecule has 0 aliphatic carbocycles. The Labute approximate surface area is 154 Å². The van der Waals surface area contributed by atoms with Crippen LogP contribution in [0.15, 0.2) is 54.7 Å². The van der Waals surface area contributed by atoms with Crippen LogP contribution in [-0.4, -0.2) is 29.0 Å². The molecule has 4 heteroatoms. The first-order chi connectivity index (χ1) is 12.7. The fraction of sp³-hybridized carbons (Fsp3) is 0.318. The third-order valence-electron chi connectivity index (χ3n) is 5.40. The fourth-order valence-corrected chi connectivity index (χ4v) is 4.03. The maximum Gasteiger partial charge on any atom is 0.243 e. The monoisotopic (exact) mass is 348 g/mol. The molecule has 1 aliphatic rings. The van der Waals surface area contributed by atoms with Gasteiger partial charge in [-0.25, -0.2) is 0 Å². The molecule has 0 spiro atoms. The number of nitrogens with zero attached hydrogens (tertiary/aromatic N) is 2. The minimum atomic E-state index is 0.184. The summed E-state index contributed by atoms with van der Waals surface area (Å²) in [5.41, 5.74) is 3.60. The average molecular weight is 348 g/mol. The number of methoxy groups -OCH3 is 1. The smallest absolute Gasteiger partial charge is 0.243 e. The number of likely N-dealkylation sites (tertiary alicyclic amines) is 1. The third-order valence-corrected chi connectivity index (χ3v) is 5.40. The molecular weight excluding hydrogens is 324 g/mol. The summed E-state index contributed by atoms with van der Waals surface area (Å²) in [6.45, 7) is 3.34. The molecule has 1 saturated heterocycles. The first kappa shape index (κ1) is 16.7. The molecule has 1 unspecified atom stereocenters. The number of aromatic nitrogens is 1. The zero-order valence-corrected chi connectivity index (χ0v) is 15.3. The molecule has 4 rings (SSSR count). The highest BCUT2D eigenvalue weighted by Crippen LogP contribution is 2.34. The first-order valence-electron chi connectivity index (χ1n) is 9.15. The predicted octanol–water partition coefficient (Wildman–Crippen LogP) is 4.32. The molecule has 0 N–H and O–H groups in total. The second kappa shape index (κ2) is 6.87. The molecule has 134 valence electrons. The maximum absolute atomic E-state index is 13.1. The predicted molar refractivity (Wildman–Crippen MR) is 103 cm³/mol. The third kappa shape index (κ3) is 2.96. The maximum atomic E-state index is 13.1. The highest BCUT2D eigenvalue weighted by Gasteiger charge is 2.30. The number of rotatable bonds is 4. The van der Waals surface area contributed by atoms with E-state index in [-0.39, 0.29) is 11.9 Å². The number of benzene rings is 2. The van der Waals surface area contributed by atoms with Crippen LogP contribution in [0.5, 0.6) is 5.75 Å². The average Bonchev–Trinajstić information content (AvgIpc) is 3.29. The van der Waals surface area contributed by atoms with Crippen LogP contribution in [0.3, 0.4) is 0 Å². The minimum absolute atomic E-state index is 0.184. The van der Waals surface area contributed by atoms with Crippen molar-refractivity contribution in [3.05, 3.63) is 65.9 Å². The van der Waals surface area contributed by atoms with Gasteiger partial charge < -0.3 is 14.2 Å². The Morgan fingerprint density at radius 3 is 2.85 bits per heavy atom. The summed E-state index contributed by atoms with van der Waals surface area (Å²) >= 11 is 0. The van der Waals surface area contributed by atoms with Crippen molar-refractivity contribution in [1.82, 2.24) is 9.47 Å². The van der Waals surface area contributed by atoms with Crippen molar-refractivity contribution in [2.45, 2.75) is 32.4 Å². The summed E-state index contributed by atoms with van der Waals surface area (Å²) in [4.78, 5) is 15.1. The molecule has 3 aromatic rings. The molecule has 0 saturated carbocycles. The molecular formula is C22H24N2O2. The molecule has 2 aromatic carbocycles. The van der Waals surface area contributed by atoms with Gasteiger partial charge in [-0.05, 0) is 55.2 Å². The molecule has 1 amide bonds. The molecule has 0 bridgehead atoms. The lowest BCUT2D eigenvalue weighted by Crippen LogP contribution is -2.33. The van der Waals surface area contributed by atoms with Gasteiger partial charge in [-0.1, -0.05) is 24.3 Å². The number of carbonyl (C=O) groups excluding carboxylic acids is 1. The van der Waals surface area contributed by atoms with E-state index in [1.165, 1.54) is 11.1 Å². The lowest BCUT2D eigenvalue weighted by molar-refractivity contribution is -0.132. The summed E-state index contributed by atoms with van der Waals surface area (Å²) in [6.07, 6.45) is 4.09. The van der Waals surface area contributed by atoms with Crippen LogP contribution in [0.25, 0.3) is 10.9 Å². The number of aryl methyl sites for hydroxylation is 1. The quantitative estimate of drug-likeness (QED) is 0.704.